The third-order valence-electron chi connectivity index (χ3n) is 5.22. The first-order valence-electron chi connectivity index (χ1n) is 10.7. The molecule has 6 aromatic rings. The average molecular weight is 533 g/mol. The van der Waals surface area contributed by atoms with Gasteiger partial charge in [0.05, 0.1) is 0 Å². The molecule has 0 bridgehead atoms. The minimum atomic E-state index is -0.545. The molecular formula is C30H26Cl2SiTi. The molecule has 0 aliphatic rings. The van der Waals surface area contributed by atoms with Crippen LogP contribution in [0.15, 0.2) is 146 Å². The average Bonchev–Trinajstić information content (AvgIpc) is 3.55. The normalized spacial score (nSPS) is 9.47. The largest absolute Gasteiger partial charge is 0.168 e. The van der Waals surface area contributed by atoms with Crippen LogP contribution in [0, 0.1) is 0 Å². The monoisotopic (exact) mass is 532 g/mol. The Labute approximate surface area is 226 Å². The van der Waals surface area contributed by atoms with E-state index in [1.165, 1.54) is 31.9 Å². The van der Waals surface area contributed by atoms with E-state index in [9.17, 15) is 0 Å². The van der Waals surface area contributed by atoms with Crippen LogP contribution < -0.4 is 10.4 Å². The molecule has 0 radical (unpaired) electrons. The Morgan fingerprint density at radius 3 is 1.18 bits per heavy atom. The molecule has 4 heteroatoms. The molecule has 0 aromatic heterocycles. The molecule has 6 aromatic carbocycles. The van der Waals surface area contributed by atoms with E-state index >= 15 is 0 Å². The zero-order chi connectivity index (χ0) is 22.0. The molecule has 168 valence electrons. The summed E-state index contributed by atoms with van der Waals surface area (Å²) in [5.41, 5.74) is 0. The van der Waals surface area contributed by atoms with E-state index in [-0.39, 0.29) is 24.8 Å². The minimum Gasteiger partial charge on any atom is -0.168 e. The summed E-state index contributed by atoms with van der Waals surface area (Å²) in [7, 11) is 0. The first-order chi connectivity index (χ1) is 15.8. The van der Waals surface area contributed by atoms with E-state index in [1.807, 2.05) is 0 Å². The number of benzene rings is 4. The maximum atomic E-state index is 2.34. The molecule has 0 N–H and O–H groups in total. The summed E-state index contributed by atoms with van der Waals surface area (Å²) >= 11 is 2.34. The maximum absolute atomic E-state index is 2.34. The van der Waals surface area contributed by atoms with Crippen LogP contribution >= 0.6 is 24.8 Å². The standard InChI is InChI=1S/C12H10Si.2C9H7.2ClH.Ti/c1-3-7-11(8-4-1)13-12-9-5-2-6-10-12;2*1-2-5-9-7-3-6-8(9)4-1;;;/h1-10H;2*1-7H;2*1H;/q;2*-1;;;+2. The summed E-state index contributed by atoms with van der Waals surface area (Å²) < 4.78 is 0. The SMILES string of the molecule is Cl.Cl.[Ti+2]=[Si](c1ccccc1)c1ccccc1.c1ccc2[cH-]ccc2c1.c1ccc2[cH-]ccc2c1. The molecule has 0 saturated heterocycles. The topological polar surface area (TPSA) is 0 Å². The van der Waals surface area contributed by atoms with E-state index in [4.69, 9.17) is 0 Å². The van der Waals surface area contributed by atoms with Crippen LogP contribution in [-0.2, 0) is 19.2 Å². The van der Waals surface area contributed by atoms with E-state index in [0.717, 1.165) is 0 Å². The van der Waals surface area contributed by atoms with Crippen LogP contribution in [0.2, 0.25) is 0 Å². The Balaban J connectivity index is 0.000000181. The smallest absolute Gasteiger partial charge is 0.0809 e. The van der Waals surface area contributed by atoms with E-state index in [1.54, 1.807) is 0 Å². The van der Waals surface area contributed by atoms with Gasteiger partial charge < -0.3 is 0 Å². The van der Waals surface area contributed by atoms with Crippen LogP contribution in [0.25, 0.3) is 21.5 Å². The molecule has 0 spiro atoms. The van der Waals surface area contributed by atoms with Gasteiger partial charge in [0, 0.05) is 0 Å². The van der Waals surface area contributed by atoms with Gasteiger partial charge in [0.25, 0.3) is 0 Å². The van der Waals surface area contributed by atoms with E-state index in [2.05, 4.69) is 165 Å². The van der Waals surface area contributed by atoms with Crippen LogP contribution in [0.3, 0.4) is 0 Å². The second-order valence-corrected chi connectivity index (χ2v) is 11.7. The van der Waals surface area contributed by atoms with Crippen LogP contribution in [-0.4, -0.2) is 6.19 Å². The second kappa shape index (κ2) is 14.8. The van der Waals surface area contributed by atoms with Crippen LogP contribution in [0.4, 0.5) is 0 Å². The summed E-state index contributed by atoms with van der Waals surface area (Å²) in [6, 6.07) is 50.9. The van der Waals surface area contributed by atoms with Crippen molar-refractivity contribution in [1.82, 2.24) is 0 Å². The molecule has 0 saturated carbocycles. The summed E-state index contributed by atoms with van der Waals surface area (Å²) in [5, 5.41) is 8.28. The molecule has 34 heavy (non-hydrogen) atoms. The number of halogens is 2. The first-order valence-corrected chi connectivity index (χ1v) is 14.6. The number of rotatable bonds is 2. The Morgan fingerprint density at radius 2 is 0.794 bits per heavy atom. The summed E-state index contributed by atoms with van der Waals surface area (Å²) in [6.45, 7) is 0. The molecule has 0 nitrogen and oxygen atoms in total. The quantitative estimate of drug-likeness (QED) is 0.162. The van der Waals surface area contributed by atoms with Crippen LogP contribution in [0.1, 0.15) is 0 Å². The van der Waals surface area contributed by atoms with E-state index < -0.39 is 6.19 Å². The van der Waals surface area contributed by atoms with E-state index in [0.29, 0.717) is 0 Å². The second-order valence-electron chi connectivity index (χ2n) is 7.42. The molecule has 0 aliphatic carbocycles. The molecule has 0 heterocycles. The number of hydrogen-bond acceptors (Lipinski definition) is 0. The molecule has 0 unspecified atom stereocenters. The van der Waals surface area contributed by atoms with Crippen molar-refractivity contribution in [3.05, 3.63) is 146 Å². The van der Waals surface area contributed by atoms with Crippen molar-refractivity contribution in [3.63, 3.8) is 0 Å². The summed E-state index contributed by atoms with van der Waals surface area (Å²) in [6.07, 6.45) is -0.545. The van der Waals surface area contributed by atoms with Gasteiger partial charge in [0.2, 0.25) is 0 Å². The molecule has 0 atom stereocenters. The molecule has 6 rings (SSSR count). The van der Waals surface area contributed by atoms with Crippen molar-refractivity contribution in [1.29, 1.82) is 0 Å². The predicted octanol–water partition coefficient (Wildman–Crippen LogP) is 7.30. The van der Waals surface area contributed by atoms with Crippen LogP contribution in [0.5, 0.6) is 0 Å². The fourth-order valence-electron chi connectivity index (χ4n) is 3.52. The Hall–Kier alpha value is -2.39. The fraction of sp³-hybridized carbons (Fsp3) is 0. The Morgan fingerprint density at radius 1 is 0.441 bits per heavy atom. The maximum Gasteiger partial charge on any atom is -0.0809 e. The van der Waals surface area contributed by atoms with Gasteiger partial charge in [-0.05, 0) is 0 Å². The summed E-state index contributed by atoms with van der Waals surface area (Å²) in [5.74, 6) is 0. The van der Waals surface area contributed by atoms with Gasteiger partial charge in [-0.3, -0.25) is 0 Å². The van der Waals surface area contributed by atoms with Crippen molar-refractivity contribution >= 4 is 62.9 Å². The first kappa shape index (κ1) is 27.9. The third-order valence-corrected chi connectivity index (χ3v) is 9.75. The van der Waals surface area contributed by atoms with Gasteiger partial charge in [-0.15, -0.1) is 84.1 Å². The predicted molar refractivity (Wildman–Crippen MR) is 151 cm³/mol. The minimum absolute atomic E-state index is 0. The van der Waals surface area contributed by atoms with Crippen molar-refractivity contribution in [2.45, 2.75) is 0 Å². The fourth-order valence-corrected chi connectivity index (χ4v) is 6.46. The Bertz CT molecular complexity index is 1220. The van der Waals surface area contributed by atoms with Crippen molar-refractivity contribution in [2.75, 3.05) is 0 Å². The van der Waals surface area contributed by atoms with Gasteiger partial charge in [-0.2, -0.15) is 35.0 Å². The Kier molecular flexibility index (Phi) is 12.1. The van der Waals surface area contributed by atoms with Crippen molar-refractivity contribution in [3.8, 4) is 0 Å². The van der Waals surface area contributed by atoms with Crippen molar-refractivity contribution in [2.24, 2.45) is 0 Å². The number of fused-ring (bicyclic) bond motifs is 2. The van der Waals surface area contributed by atoms with Gasteiger partial charge in [-0.1, -0.05) is 12.1 Å². The third kappa shape index (κ3) is 7.84. The molecule has 0 aliphatic heterocycles. The number of hydrogen-bond donors (Lipinski definition) is 0. The zero-order valence-corrected chi connectivity index (χ0v) is 22.9. The zero-order valence-electron chi connectivity index (χ0n) is 18.7. The van der Waals surface area contributed by atoms with Gasteiger partial charge >= 0.3 is 96.4 Å². The molecule has 0 fully saturated rings. The summed E-state index contributed by atoms with van der Waals surface area (Å²) in [4.78, 5) is 0. The van der Waals surface area contributed by atoms with Gasteiger partial charge in [0.15, 0.2) is 0 Å². The van der Waals surface area contributed by atoms with Gasteiger partial charge in [-0.25, -0.2) is 0 Å². The van der Waals surface area contributed by atoms with Gasteiger partial charge in [0.1, 0.15) is 0 Å². The molecular weight excluding hydrogens is 507 g/mol. The van der Waals surface area contributed by atoms with Crippen molar-refractivity contribution < 1.29 is 19.2 Å². The molecule has 0 amide bonds.